The molecule has 0 radical (unpaired) electrons. The van der Waals surface area contributed by atoms with Crippen LogP contribution >= 0.6 is 0 Å². The minimum Gasteiger partial charge on any atom is -0.340 e. The molecule has 0 fully saturated rings. The van der Waals surface area contributed by atoms with Crippen molar-refractivity contribution in [3.8, 4) is 0 Å². The number of aryl methyl sites for hydroxylation is 3. The summed E-state index contributed by atoms with van der Waals surface area (Å²) in [5.74, 6) is 0.977. The minimum atomic E-state index is 0.806. The van der Waals surface area contributed by atoms with Gasteiger partial charge in [0, 0.05) is 12.6 Å². The summed E-state index contributed by atoms with van der Waals surface area (Å²) in [6.45, 7) is 6.33. The highest BCUT2D eigenvalue weighted by Crippen LogP contribution is 2.17. The molecule has 0 spiro atoms. The van der Waals surface area contributed by atoms with Gasteiger partial charge in [-0.2, -0.15) is 0 Å². The van der Waals surface area contributed by atoms with E-state index in [0.29, 0.717) is 0 Å². The number of nitrogens with zero attached hydrogens (tertiary/aromatic N) is 2. The number of hydrogen-bond acceptors (Lipinski definition) is 2. The highest BCUT2D eigenvalue weighted by Gasteiger charge is 2.08. The Hall–Kier alpha value is -2.16. The molecule has 1 aromatic carbocycles. The van der Waals surface area contributed by atoms with Crippen LogP contribution in [0, 0.1) is 20.8 Å². The molecule has 3 rings (SSSR count). The number of benzene rings is 1. The van der Waals surface area contributed by atoms with Crippen molar-refractivity contribution in [2.45, 2.75) is 27.2 Å². The first-order valence-electron chi connectivity index (χ1n) is 6.50. The van der Waals surface area contributed by atoms with Crippen LogP contribution in [0.25, 0.3) is 11.2 Å². The molecule has 0 amide bonds. The molecule has 0 atom stereocenters. The van der Waals surface area contributed by atoms with Crippen LogP contribution in [-0.4, -0.2) is 15.0 Å². The highest BCUT2D eigenvalue weighted by molar-refractivity contribution is 5.74. The second kappa shape index (κ2) is 4.50. The third kappa shape index (κ3) is 2.24. The Kier molecular flexibility index (Phi) is 2.82. The van der Waals surface area contributed by atoms with E-state index in [1.165, 1.54) is 22.3 Å². The van der Waals surface area contributed by atoms with Crippen molar-refractivity contribution in [3.05, 3.63) is 58.5 Å². The Morgan fingerprint density at radius 2 is 1.89 bits per heavy atom. The number of aromatic nitrogens is 3. The van der Waals surface area contributed by atoms with E-state index in [0.717, 1.165) is 23.4 Å². The van der Waals surface area contributed by atoms with Crippen molar-refractivity contribution in [3.63, 3.8) is 0 Å². The molecule has 3 heteroatoms. The van der Waals surface area contributed by atoms with Gasteiger partial charge in [-0.3, -0.25) is 0 Å². The van der Waals surface area contributed by atoms with Crippen LogP contribution < -0.4 is 0 Å². The van der Waals surface area contributed by atoms with Gasteiger partial charge in [0.05, 0.1) is 5.52 Å². The largest absolute Gasteiger partial charge is 0.340 e. The molecule has 2 aromatic heterocycles. The third-order valence-corrected chi connectivity index (χ3v) is 3.51. The molecule has 0 saturated carbocycles. The fourth-order valence-electron chi connectivity index (χ4n) is 2.34. The molecule has 0 aliphatic heterocycles. The van der Waals surface area contributed by atoms with E-state index < -0.39 is 0 Å². The topological polar surface area (TPSA) is 41.6 Å². The Labute approximate surface area is 112 Å². The lowest BCUT2D eigenvalue weighted by Crippen LogP contribution is -1.94. The number of rotatable bonds is 2. The maximum atomic E-state index is 4.57. The van der Waals surface area contributed by atoms with Crippen LogP contribution in [0.4, 0.5) is 0 Å². The summed E-state index contributed by atoms with van der Waals surface area (Å²) < 4.78 is 0. The van der Waals surface area contributed by atoms with E-state index in [-0.39, 0.29) is 0 Å². The van der Waals surface area contributed by atoms with Gasteiger partial charge < -0.3 is 4.98 Å². The first-order valence-corrected chi connectivity index (χ1v) is 6.50. The maximum absolute atomic E-state index is 4.57. The average Bonchev–Trinajstić information content (AvgIpc) is 2.78. The third-order valence-electron chi connectivity index (χ3n) is 3.51. The van der Waals surface area contributed by atoms with Crippen molar-refractivity contribution in [2.24, 2.45) is 0 Å². The molecule has 1 N–H and O–H groups in total. The molecule has 0 aliphatic rings. The van der Waals surface area contributed by atoms with Crippen LogP contribution in [0.15, 0.2) is 30.5 Å². The van der Waals surface area contributed by atoms with Crippen LogP contribution in [0.5, 0.6) is 0 Å². The summed E-state index contributed by atoms with van der Waals surface area (Å²) in [4.78, 5) is 12.3. The van der Waals surface area contributed by atoms with Crippen molar-refractivity contribution in [1.82, 2.24) is 15.0 Å². The normalized spacial score (nSPS) is 11.1. The zero-order valence-corrected chi connectivity index (χ0v) is 11.5. The van der Waals surface area contributed by atoms with Crippen LogP contribution in [0.2, 0.25) is 0 Å². The summed E-state index contributed by atoms with van der Waals surface area (Å²) in [7, 11) is 0. The zero-order valence-electron chi connectivity index (χ0n) is 11.5. The predicted octanol–water partition coefficient (Wildman–Crippen LogP) is 3.47. The molecule has 3 aromatic rings. The van der Waals surface area contributed by atoms with E-state index in [1.807, 2.05) is 6.07 Å². The van der Waals surface area contributed by atoms with E-state index >= 15 is 0 Å². The Morgan fingerprint density at radius 1 is 1.05 bits per heavy atom. The second-order valence-electron chi connectivity index (χ2n) is 5.12. The Balaban J connectivity index is 2.01. The van der Waals surface area contributed by atoms with Gasteiger partial charge in [0.2, 0.25) is 0 Å². The summed E-state index contributed by atoms with van der Waals surface area (Å²) in [5.41, 5.74) is 6.94. The molecule has 0 aliphatic carbocycles. The number of H-pyrrole nitrogens is 1. The van der Waals surface area contributed by atoms with Crippen molar-refractivity contribution in [2.75, 3.05) is 0 Å². The summed E-state index contributed by atoms with van der Waals surface area (Å²) in [6, 6.07) is 8.53. The first kappa shape index (κ1) is 11.9. The molecule has 3 nitrogen and oxygen atoms in total. The molecule has 0 unspecified atom stereocenters. The molecule has 0 saturated heterocycles. The van der Waals surface area contributed by atoms with Crippen LogP contribution in [0.3, 0.4) is 0 Å². The lowest BCUT2D eigenvalue weighted by atomic mass is 10.0. The summed E-state index contributed by atoms with van der Waals surface area (Å²) >= 11 is 0. The number of aromatic amines is 1. The SMILES string of the molecule is Cc1ccc(C)c(Cc2nc3nccc(C)c3[nH]2)c1. The standard InChI is InChI=1S/C16H17N3/c1-10-4-5-11(2)13(8-10)9-14-18-15-12(3)6-7-17-16(15)19-14/h4-8H,9H2,1-3H3,(H,17,18,19). The fourth-order valence-corrected chi connectivity index (χ4v) is 2.34. The lowest BCUT2D eigenvalue weighted by molar-refractivity contribution is 1.02. The van der Waals surface area contributed by atoms with Gasteiger partial charge in [0.1, 0.15) is 5.82 Å². The summed E-state index contributed by atoms with van der Waals surface area (Å²) in [5, 5.41) is 0. The molecular formula is C16H17N3. The Morgan fingerprint density at radius 3 is 2.68 bits per heavy atom. The van der Waals surface area contributed by atoms with Crippen LogP contribution in [0.1, 0.15) is 28.1 Å². The zero-order chi connectivity index (χ0) is 13.4. The van der Waals surface area contributed by atoms with Gasteiger partial charge in [-0.1, -0.05) is 23.8 Å². The van der Waals surface area contributed by atoms with Crippen molar-refractivity contribution < 1.29 is 0 Å². The molecule has 0 bridgehead atoms. The summed E-state index contributed by atoms with van der Waals surface area (Å²) in [6.07, 6.45) is 2.63. The minimum absolute atomic E-state index is 0.806. The van der Waals surface area contributed by atoms with Gasteiger partial charge in [0.25, 0.3) is 0 Å². The molecule has 2 heterocycles. The first-order chi connectivity index (χ1) is 9.13. The van der Waals surface area contributed by atoms with Crippen molar-refractivity contribution in [1.29, 1.82) is 0 Å². The van der Waals surface area contributed by atoms with E-state index in [4.69, 9.17) is 0 Å². The smallest absolute Gasteiger partial charge is 0.177 e. The lowest BCUT2D eigenvalue weighted by Gasteiger charge is -2.04. The molecular weight excluding hydrogens is 234 g/mol. The fraction of sp³-hybridized carbons (Fsp3) is 0.250. The molecule has 96 valence electrons. The van der Waals surface area contributed by atoms with Gasteiger partial charge >= 0.3 is 0 Å². The Bertz CT molecular complexity index is 741. The van der Waals surface area contributed by atoms with E-state index in [9.17, 15) is 0 Å². The van der Waals surface area contributed by atoms with Gasteiger partial charge in [-0.05, 0) is 43.5 Å². The van der Waals surface area contributed by atoms with E-state index in [1.54, 1.807) is 6.20 Å². The highest BCUT2D eigenvalue weighted by atomic mass is 15.0. The molecule has 19 heavy (non-hydrogen) atoms. The number of imidazole rings is 1. The van der Waals surface area contributed by atoms with Gasteiger partial charge in [0.15, 0.2) is 5.65 Å². The maximum Gasteiger partial charge on any atom is 0.177 e. The van der Waals surface area contributed by atoms with Crippen LogP contribution in [-0.2, 0) is 6.42 Å². The monoisotopic (exact) mass is 251 g/mol. The van der Waals surface area contributed by atoms with Gasteiger partial charge in [-0.15, -0.1) is 0 Å². The number of nitrogens with one attached hydrogen (secondary N) is 1. The average molecular weight is 251 g/mol. The van der Waals surface area contributed by atoms with Gasteiger partial charge in [-0.25, -0.2) is 9.97 Å². The van der Waals surface area contributed by atoms with Crippen molar-refractivity contribution >= 4 is 11.2 Å². The number of fused-ring (bicyclic) bond motifs is 1. The number of hydrogen-bond donors (Lipinski definition) is 1. The quantitative estimate of drug-likeness (QED) is 0.757. The number of pyridine rings is 1. The van der Waals surface area contributed by atoms with E-state index in [2.05, 4.69) is 53.9 Å². The second-order valence-corrected chi connectivity index (χ2v) is 5.12. The predicted molar refractivity (Wildman–Crippen MR) is 77.3 cm³/mol.